The molecule has 23 heavy (non-hydrogen) atoms. The van der Waals surface area contributed by atoms with E-state index in [1.807, 2.05) is 24.4 Å². The van der Waals surface area contributed by atoms with Crippen molar-refractivity contribution in [1.82, 2.24) is 19.6 Å². The van der Waals surface area contributed by atoms with Crippen molar-refractivity contribution in [2.75, 3.05) is 26.2 Å². The molecule has 1 N–H and O–H groups in total. The van der Waals surface area contributed by atoms with Crippen molar-refractivity contribution in [2.45, 2.75) is 6.54 Å². The molecule has 0 atom stereocenters. The first-order valence-electron chi connectivity index (χ1n) is 7.96. The number of hydrogen-bond donors (Lipinski definition) is 1. The van der Waals surface area contributed by atoms with Crippen LogP contribution >= 0.6 is 0 Å². The molecule has 4 nitrogen and oxygen atoms in total. The van der Waals surface area contributed by atoms with Gasteiger partial charge in [0.25, 0.3) is 0 Å². The van der Waals surface area contributed by atoms with Gasteiger partial charge < -0.3 is 9.72 Å². The van der Waals surface area contributed by atoms with E-state index in [1.165, 1.54) is 12.1 Å². The summed E-state index contributed by atoms with van der Waals surface area (Å²) in [6.07, 6.45) is 2.05. The Morgan fingerprint density at radius 2 is 1.83 bits per heavy atom. The first-order chi connectivity index (χ1) is 11.3. The topological polar surface area (TPSA) is 32.6 Å². The number of rotatable bonds is 3. The molecule has 118 valence electrons. The molecule has 2 aromatic heterocycles. The van der Waals surface area contributed by atoms with Gasteiger partial charge in [0.2, 0.25) is 0 Å². The van der Waals surface area contributed by atoms with Crippen molar-refractivity contribution in [3.8, 4) is 11.3 Å². The summed E-state index contributed by atoms with van der Waals surface area (Å²) >= 11 is 0. The minimum atomic E-state index is -0.221. The summed E-state index contributed by atoms with van der Waals surface area (Å²) in [5.74, 6) is -0.221. The predicted molar refractivity (Wildman–Crippen MR) is 88.7 cm³/mol. The van der Waals surface area contributed by atoms with E-state index in [1.54, 1.807) is 12.1 Å². The Bertz CT molecular complexity index is 804. The molecule has 1 aromatic carbocycles. The molecule has 5 heteroatoms. The molecule has 4 rings (SSSR count). The zero-order valence-corrected chi connectivity index (χ0v) is 12.9. The average molecular weight is 310 g/mol. The Kier molecular flexibility index (Phi) is 3.81. The number of nitrogens with one attached hydrogen (secondary N) is 1. The molecule has 1 aliphatic heterocycles. The van der Waals surface area contributed by atoms with Crippen LogP contribution in [0.2, 0.25) is 0 Å². The maximum absolute atomic E-state index is 13.2. The molecule has 3 heterocycles. The van der Waals surface area contributed by atoms with Crippen LogP contribution in [0.5, 0.6) is 0 Å². The molecular weight excluding hydrogens is 291 g/mol. The number of pyridine rings is 1. The van der Waals surface area contributed by atoms with E-state index in [9.17, 15) is 4.39 Å². The van der Waals surface area contributed by atoms with Crippen molar-refractivity contribution in [1.29, 1.82) is 0 Å². The molecule has 3 aromatic rings. The van der Waals surface area contributed by atoms with Gasteiger partial charge in [-0.15, -0.1) is 0 Å². The third-order valence-electron chi connectivity index (χ3n) is 4.33. The Hall–Kier alpha value is -2.24. The lowest BCUT2D eigenvalue weighted by Gasteiger charge is -2.27. The Morgan fingerprint density at radius 1 is 1.04 bits per heavy atom. The van der Waals surface area contributed by atoms with Crippen LogP contribution in [0, 0.1) is 5.82 Å². The number of benzene rings is 1. The highest BCUT2D eigenvalue weighted by molar-refractivity contribution is 5.66. The van der Waals surface area contributed by atoms with Gasteiger partial charge in [0.1, 0.15) is 11.5 Å². The second-order valence-corrected chi connectivity index (χ2v) is 5.87. The molecule has 1 aliphatic rings. The number of piperazine rings is 1. The van der Waals surface area contributed by atoms with Gasteiger partial charge in [-0.25, -0.2) is 9.37 Å². The smallest absolute Gasteiger partial charge is 0.137 e. The molecule has 0 aliphatic carbocycles. The van der Waals surface area contributed by atoms with Crippen LogP contribution in [-0.4, -0.2) is 40.5 Å². The maximum atomic E-state index is 13.2. The van der Waals surface area contributed by atoms with Crippen LogP contribution in [0.15, 0.2) is 48.7 Å². The fourth-order valence-electron chi connectivity index (χ4n) is 3.12. The number of aromatic nitrogens is 2. The summed E-state index contributed by atoms with van der Waals surface area (Å²) in [5.41, 5.74) is 3.99. The first kappa shape index (κ1) is 14.4. The SMILES string of the molecule is Fc1ccc(-c2nc3ccccn3c2CN2CCNCC2)cc1. The molecule has 0 spiro atoms. The van der Waals surface area contributed by atoms with E-state index in [4.69, 9.17) is 4.98 Å². The summed E-state index contributed by atoms with van der Waals surface area (Å²) in [7, 11) is 0. The minimum Gasteiger partial charge on any atom is -0.314 e. The summed E-state index contributed by atoms with van der Waals surface area (Å²) in [6, 6.07) is 12.6. The summed E-state index contributed by atoms with van der Waals surface area (Å²) in [5, 5.41) is 3.38. The lowest BCUT2D eigenvalue weighted by molar-refractivity contribution is 0.230. The van der Waals surface area contributed by atoms with E-state index in [0.717, 1.165) is 55.3 Å². The average Bonchev–Trinajstić information content (AvgIpc) is 2.95. The standard InChI is InChI=1S/C18H19FN4/c19-15-6-4-14(5-7-15)18-16(13-22-11-8-20-9-12-22)23-10-2-1-3-17(23)21-18/h1-7,10,20H,8-9,11-13H2. The fourth-order valence-corrected chi connectivity index (χ4v) is 3.12. The minimum absolute atomic E-state index is 0.221. The van der Waals surface area contributed by atoms with Crippen molar-refractivity contribution in [3.63, 3.8) is 0 Å². The summed E-state index contributed by atoms with van der Waals surface area (Å²) in [6.45, 7) is 4.94. The number of fused-ring (bicyclic) bond motifs is 1. The fraction of sp³-hybridized carbons (Fsp3) is 0.278. The largest absolute Gasteiger partial charge is 0.314 e. The zero-order chi connectivity index (χ0) is 15.6. The van der Waals surface area contributed by atoms with Crippen molar-refractivity contribution in [3.05, 3.63) is 60.2 Å². The Balaban J connectivity index is 1.79. The van der Waals surface area contributed by atoms with Crippen LogP contribution in [0.3, 0.4) is 0 Å². The van der Waals surface area contributed by atoms with E-state index in [-0.39, 0.29) is 5.82 Å². The van der Waals surface area contributed by atoms with E-state index in [0.29, 0.717) is 0 Å². The molecule has 0 bridgehead atoms. The van der Waals surface area contributed by atoms with Gasteiger partial charge in [0, 0.05) is 44.5 Å². The zero-order valence-electron chi connectivity index (χ0n) is 12.9. The maximum Gasteiger partial charge on any atom is 0.137 e. The van der Waals surface area contributed by atoms with Crippen molar-refractivity contribution >= 4 is 5.65 Å². The quantitative estimate of drug-likeness (QED) is 0.807. The van der Waals surface area contributed by atoms with Gasteiger partial charge in [-0.05, 0) is 36.4 Å². The summed E-state index contributed by atoms with van der Waals surface area (Å²) < 4.78 is 15.4. The molecule has 0 radical (unpaired) electrons. The highest BCUT2D eigenvalue weighted by atomic mass is 19.1. The number of hydrogen-bond acceptors (Lipinski definition) is 3. The van der Waals surface area contributed by atoms with E-state index >= 15 is 0 Å². The van der Waals surface area contributed by atoms with Gasteiger partial charge in [-0.3, -0.25) is 4.90 Å². The van der Waals surface area contributed by atoms with Gasteiger partial charge in [0.15, 0.2) is 0 Å². The van der Waals surface area contributed by atoms with Gasteiger partial charge in [-0.1, -0.05) is 6.07 Å². The van der Waals surface area contributed by atoms with E-state index < -0.39 is 0 Å². The molecule has 0 unspecified atom stereocenters. The second-order valence-electron chi connectivity index (χ2n) is 5.87. The van der Waals surface area contributed by atoms with Gasteiger partial charge in [-0.2, -0.15) is 0 Å². The number of nitrogens with zero attached hydrogens (tertiary/aromatic N) is 3. The lowest BCUT2D eigenvalue weighted by Crippen LogP contribution is -2.43. The second kappa shape index (κ2) is 6.10. The van der Waals surface area contributed by atoms with Gasteiger partial charge in [0.05, 0.1) is 11.4 Å². The Labute approximate surface area is 134 Å². The molecular formula is C18H19FN4. The molecule has 0 amide bonds. The van der Waals surface area contributed by atoms with Crippen LogP contribution in [0.25, 0.3) is 16.9 Å². The van der Waals surface area contributed by atoms with E-state index in [2.05, 4.69) is 14.6 Å². The Morgan fingerprint density at radius 3 is 2.61 bits per heavy atom. The molecule has 1 saturated heterocycles. The lowest BCUT2D eigenvalue weighted by atomic mass is 10.1. The number of halogens is 1. The van der Waals surface area contributed by atoms with Crippen LogP contribution in [0.4, 0.5) is 4.39 Å². The van der Waals surface area contributed by atoms with Crippen molar-refractivity contribution < 1.29 is 4.39 Å². The highest BCUT2D eigenvalue weighted by Crippen LogP contribution is 2.26. The summed E-state index contributed by atoms with van der Waals surface area (Å²) in [4.78, 5) is 7.21. The van der Waals surface area contributed by atoms with Crippen LogP contribution < -0.4 is 5.32 Å². The van der Waals surface area contributed by atoms with Gasteiger partial charge >= 0.3 is 0 Å². The van der Waals surface area contributed by atoms with Crippen LogP contribution in [-0.2, 0) is 6.54 Å². The third kappa shape index (κ3) is 2.85. The van der Waals surface area contributed by atoms with Crippen LogP contribution in [0.1, 0.15) is 5.69 Å². The monoisotopic (exact) mass is 310 g/mol. The normalized spacial score (nSPS) is 16.0. The van der Waals surface area contributed by atoms with Crippen molar-refractivity contribution in [2.24, 2.45) is 0 Å². The number of imidazole rings is 1. The highest BCUT2D eigenvalue weighted by Gasteiger charge is 2.18. The molecule has 1 fully saturated rings. The predicted octanol–water partition coefficient (Wildman–Crippen LogP) is 2.55. The molecule has 0 saturated carbocycles. The third-order valence-corrected chi connectivity index (χ3v) is 4.33. The first-order valence-corrected chi connectivity index (χ1v) is 7.96.